The molecule has 2 aromatic rings. The van der Waals surface area contributed by atoms with Gasteiger partial charge in [0.1, 0.15) is 0 Å². The molecule has 4 nitrogen and oxygen atoms in total. The summed E-state index contributed by atoms with van der Waals surface area (Å²) in [6.07, 6.45) is 1.58. The minimum atomic E-state index is -0.00576. The Hall–Kier alpha value is -2.33. The van der Waals surface area contributed by atoms with Crippen molar-refractivity contribution in [3.63, 3.8) is 0 Å². The summed E-state index contributed by atoms with van der Waals surface area (Å²) in [4.78, 5) is 28.5. The predicted molar refractivity (Wildman–Crippen MR) is 108 cm³/mol. The second-order valence-electron chi connectivity index (χ2n) is 7.27. The van der Waals surface area contributed by atoms with Gasteiger partial charge in [-0.3, -0.25) is 9.59 Å². The maximum atomic E-state index is 13.0. The Bertz CT molecular complexity index is 817. The van der Waals surface area contributed by atoms with E-state index in [1.165, 1.54) is 0 Å². The lowest BCUT2D eigenvalue weighted by atomic mass is 10.1. The molecule has 0 aromatic heterocycles. The van der Waals surface area contributed by atoms with Crippen LogP contribution in [-0.2, 0) is 17.9 Å². The molecule has 1 saturated heterocycles. The van der Waals surface area contributed by atoms with Gasteiger partial charge in [0.15, 0.2) is 0 Å². The van der Waals surface area contributed by atoms with Crippen LogP contribution < -0.4 is 0 Å². The second-order valence-corrected chi connectivity index (χ2v) is 7.71. The van der Waals surface area contributed by atoms with Crippen molar-refractivity contribution in [2.45, 2.75) is 45.8 Å². The molecule has 2 aromatic carbocycles. The summed E-state index contributed by atoms with van der Waals surface area (Å²) in [7, 11) is 0. The molecule has 27 heavy (non-hydrogen) atoms. The average molecular weight is 385 g/mol. The highest BCUT2D eigenvalue weighted by atomic mass is 35.5. The van der Waals surface area contributed by atoms with Gasteiger partial charge in [-0.1, -0.05) is 35.9 Å². The number of amides is 2. The summed E-state index contributed by atoms with van der Waals surface area (Å²) < 4.78 is 0. The minimum absolute atomic E-state index is 0.00576. The highest BCUT2D eigenvalue weighted by Gasteiger charge is 2.21. The van der Waals surface area contributed by atoms with Crippen LogP contribution in [0.25, 0.3) is 0 Å². The topological polar surface area (TPSA) is 40.6 Å². The lowest BCUT2D eigenvalue weighted by molar-refractivity contribution is -0.128. The molecule has 0 saturated carbocycles. The molecule has 1 aliphatic rings. The van der Waals surface area contributed by atoms with Gasteiger partial charge in [-0.2, -0.15) is 0 Å². The summed E-state index contributed by atoms with van der Waals surface area (Å²) in [5, 5.41) is 0.671. The first-order valence-corrected chi connectivity index (χ1v) is 9.74. The van der Waals surface area contributed by atoms with Crippen LogP contribution in [0.4, 0.5) is 0 Å². The lowest BCUT2D eigenvalue weighted by Crippen LogP contribution is -2.36. The first kappa shape index (κ1) is 19.4. The second kappa shape index (κ2) is 8.57. The summed E-state index contributed by atoms with van der Waals surface area (Å²) in [6.45, 7) is 5.97. The van der Waals surface area contributed by atoms with Gasteiger partial charge in [0.2, 0.25) is 5.91 Å². The largest absolute Gasteiger partial charge is 0.338 e. The van der Waals surface area contributed by atoms with E-state index in [4.69, 9.17) is 11.6 Å². The van der Waals surface area contributed by atoms with Crippen LogP contribution in [0.1, 0.15) is 48.2 Å². The monoisotopic (exact) mass is 384 g/mol. The van der Waals surface area contributed by atoms with E-state index in [-0.39, 0.29) is 17.9 Å². The van der Waals surface area contributed by atoms with E-state index < -0.39 is 0 Å². The Kier molecular flexibility index (Phi) is 6.17. The third-order valence-electron chi connectivity index (χ3n) is 4.87. The van der Waals surface area contributed by atoms with Crippen molar-refractivity contribution in [1.29, 1.82) is 0 Å². The number of carbonyl (C=O) groups excluding carboxylic acids is 2. The van der Waals surface area contributed by atoms with Crippen molar-refractivity contribution < 1.29 is 9.59 Å². The van der Waals surface area contributed by atoms with Crippen molar-refractivity contribution in [3.05, 3.63) is 70.2 Å². The van der Waals surface area contributed by atoms with Gasteiger partial charge in [0.05, 0.1) is 0 Å². The predicted octanol–water partition coefficient (Wildman–Crippen LogP) is 4.51. The normalized spacial score (nSPS) is 14.1. The van der Waals surface area contributed by atoms with E-state index >= 15 is 0 Å². The fourth-order valence-electron chi connectivity index (χ4n) is 3.33. The van der Waals surface area contributed by atoms with Crippen molar-refractivity contribution in [1.82, 2.24) is 9.80 Å². The molecule has 1 aliphatic heterocycles. The maximum absolute atomic E-state index is 13.0. The zero-order valence-corrected chi connectivity index (χ0v) is 16.6. The summed E-state index contributed by atoms with van der Waals surface area (Å²) in [5.41, 5.74) is 2.71. The Balaban J connectivity index is 1.71. The van der Waals surface area contributed by atoms with Crippen molar-refractivity contribution >= 4 is 23.4 Å². The zero-order chi connectivity index (χ0) is 19.4. The lowest BCUT2D eigenvalue weighted by Gasteiger charge is -2.27. The number of benzene rings is 2. The van der Waals surface area contributed by atoms with Gasteiger partial charge < -0.3 is 9.80 Å². The van der Waals surface area contributed by atoms with Crippen LogP contribution in [0, 0.1) is 0 Å². The maximum Gasteiger partial charge on any atom is 0.254 e. The highest BCUT2D eigenvalue weighted by Crippen LogP contribution is 2.18. The number of halogens is 1. The quantitative estimate of drug-likeness (QED) is 0.735. The van der Waals surface area contributed by atoms with E-state index in [2.05, 4.69) is 0 Å². The van der Waals surface area contributed by atoms with Crippen LogP contribution in [0.5, 0.6) is 0 Å². The van der Waals surface area contributed by atoms with Crippen molar-refractivity contribution in [2.75, 3.05) is 6.54 Å². The molecule has 0 aliphatic carbocycles. The summed E-state index contributed by atoms with van der Waals surface area (Å²) in [6, 6.07) is 15.2. The molecule has 1 fully saturated rings. The number of rotatable bonds is 6. The smallest absolute Gasteiger partial charge is 0.254 e. The minimum Gasteiger partial charge on any atom is -0.338 e. The number of hydrogen-bond acceptors (Lipinski definition) is 2. The first-order chi connectivity index (χ1) is 12.9. The highest BCUT2D eigenvalue weighted by molar-refractivity contribution is 6.30. The third kappa shape index (κ3) is 4.89. The number of carbonyl (C=O) groups is 2. The molecule has 0 radical (unpaired) electrons. The van der Waals surface area contributed by atoms with E-state index in [1.54, 1.807) is 0 Å². The molecule has 1 heterocycles. The van der Waals surface area contributed by atoms with Gasteiger partial charge in [-0.15, -0.1) is 0 Å². The van der Waals surface area contributed by atoms with Crippen LogP contribution in [-0.4, -0.2) is 34.2 Å². The van der Waals surface area contributed by atoms with Gasteiger partial charge in [0.25, 0.3) is 5.91 Å². The number of hydrogen-bond donors (Lipinski definition) is 0. The van der Waals surface area contributed by atoms with Gasteiger partial charge >= 0.3 is 0 Å². The Labute approximate surface area is 165 Å². The van der Waals surface area contributed by atoms with Crippen molar-refractivity contribution in [3.8, 4) is 0 Å². The molecule has 0 bridgehead atoms. The molecule has 0 atom stereocenters. The Morgan fingerprint density at radius 1 is 1.15 bits per heavy atom. The van der Waals surface area contributed by atoms with Gasteiger partial charge in [0, 0.05) is 42.7 Å². The van der Waals surface area contributed by atoms with Crippen molar-refractivity contribution in [2.24, 2.45) is 0 Å². The zero-order valence-electron chi connectivity index (χ0n) is 15.8. The van der Waals surface area contributed by atoms with Gasteiger partial charge in [-0.05, 0) is 55.7 Å². The van der Waals surface area contributed by atoms with Crippen LogP contribution >= 0.6 is 11.6 Å². The molecule has 0 unspecified atom stereocenters. The molecular formula is C22H25ClN2O2. The number of nitrogens with zero attached hydrogens (tertiary/aromatic N) is 2. The SMILES string of the molecule is CC(C)N(Cc1cccc(Cl)c1)C(=O)c1ccc(CN2CCCC2=O)cc1. The van der Waals surface area contributed by atoms with Crippen LogP contribution in [0.15, 0.2) is 48.5 Å². The Morgan fingerprint density at radius 2 is 1.89 bits per heavy atom. The molecule has 142 valence electrons. The molecular weight excluding hydrogens is 360 g/mol. The third-order valence-corrected chi connectivity index (χ3v) is 5.11. The van der Waals surface area contributed by atoms with E-state index in [0.29, 0.717) is 30.1 Å². The van der Waals surface area contributed by atoms with E-state index in [0.717, 1.165) is 24.1 Å². The molecule has 3 rings (SSSR count). The number of likely N-dealkylation sites (tertiary alicyclic amines) is 1. The van der Waals surface area contributed by atoms with E-state index in [9.17, 15) is 9.59 Å². The molecule has 2 amide bonds. The standard InChI is InChI=1S/C22H25ClN2O2/c1-16(2)25(15-18-5-3-6-20(23)13-18)22(27)19-10-8-17(9-11-19)14-24-12-4-7-21(24)26/h3,5-6,8-11,13,16H,4,7,12,14-15H2,1-2H3. The van der Waals surface area contributed by atoms with Crippen LogP contribution in [0.2, 0.25) is 5.02 Å². The molecule has 0 N–H and O–H groups in total. The van der Waals surface area contributed by atoms with Crippen LogP contribution in [0.3, 0.4) is 0 Å². The summed E-state index contributed by atoms with van der Waals surface area (Å²) >= 11 is 6.07. The molecule has 5 heteroatoms. The fourth-order valence-corrected chi connectivity index (χ4v) is 3.54. The summed E-state index contributed by atoms with van der Waals surface area (Å²) in [5.74, 6) is 0.205. The Morgan fingerprint density at radius 3 is 2.48 bits per heavy atom. The molecule has 0 spiro atoms. The van der Waals surface area contributed by atoms with E-state index in [1.807, 2.05) is 72.2 Å². The first-order valence-electron chi connectivity index (χ1n) is 9.36. The fraction of sp³-hybridized carbons (Fsp3) is 0.364. The van der Waals surface area contributed by atoms with Gasteiger partial charge in [-0.25, -0.2) is 0 Å². The average Bonchev–Trinajstić information content (AvgIpc) is 3.04.